The summed E-state index contributed by atoms with van der Waals surface area (Å²) in [7, 11) is -3.57. The maximum atomic E-state index is 13.0. The summed E-state index contributed by atoms with van der Waals surface area (Å²) in [6.07, 6.45) is 0. The van der Waals surface area contributed by atoms with Crippen molar-refractivity contribution in [2.75, 3.05) is 0 Å². The molecule has 1 heterocycles. The van der Waals surface area contributed by atoms with E-state index in [-0.39, 0.29) is 17.6 Å². The van der Waals surface area contributed by atoms with Crippen LogP contribution >= 0.6 is 0 Å². The van der Waals surface area contributed by atoms with Crippen molar-refractivity contribution >= 4 is 10.0 Å². The fourth-order valence-electron chi connectivity index (χ4n) is 2.76. The Bertz CT molecular complexity index is 1020. The number of hydrogen-bond donors (Lipinski definition) is 1. The summed E-state index contributed by atoms with van der Waals surface area (Å²) in [5.41, 5.74) is 0.694. The SMILES string of the molecule is CCn1c(Oc2ccc(F)cc2)nnc1[C@@H](C)NS(=O)(=O)Cc1ccccc1. The highest BCUT2D eigenvalue weighted by Gasteiger charge is 2.23. The third-order valence-corrected chi connectivity index (χ3v) is 5.45. The zero-order valence-corrected chi connectivity index (χ0v) is 16.4. The normalized spacial score (nSPS) is 12.7. The summed E-state index contributed by atoms with van der Waals surface area (Å²) in [5, 5.41) is 8.08. The van der Waals surface area contributed by atoms with E-state index in [1.54, 1.807) is 35.8 Å². The average Bonchev–Trinajstić information content (AvgIpc) is 3.06. The molecule has 9 heteroatoms. The highest BCUT2D eigenvalue weighted by Crippen LogP contribution is 2.23. The molecule has 7 nitrogen and oxygen atoms in total. The van der Waals surface area contributed by atoms with Crippen molar-refractivity contribution in [2.45, 2.75) is 32.2 Å². The Labute approximate surface area is 163 Å². The Morgan fingerprint density at radius 2 is 1.79 bits per heavy atom. The first-order valence-electron chi connectivity index (χ1n) is 8.78. The Morgan fingerprint density at radius 1 is 1.11 bits per heavy atom. The highest BCUT2D eigenvalue weighted by atomic mass is 32.2. The van der Waals surface area contributed by atoms with Crippen LogP contribution < -0.4 is 9.46 Å². The number of nitrogens with one attached hydrogen (secondary N) is 1. The van der Waals surface area contributed by atoms with E-state index in [9.17, 15) is 12.8 Å². The summed E-state index contributed by atoms with van der Waals surface area (Å²) < 4.78 is 47.9. The summed E-state index contributed by atoms with van der Waals surface area (Å²) in [4.78, 5) is 0. The lowest BCUT2D eigenvalue weighted by Crippen LogP contribution is -2.30. The lowest BCUT2D eigenvalue weighted by atomic mass is 10.2. The number of hydrogen-bond acceptors (Lipinski definition) is 5. The topological polar surface area (TPSA) is 86.1 Å². The molecule has 148 valence electrons. The fourth-order valence-corrected chi connectivity index (χ4v) is 4.12. The van der Waals surface area contributed by atoms with E-state index in [1.165, 1.54) is 24.3 Å². The van der Waals surface area contributed by atoms with Crippen molar-refractivity contribution in [3.63, 3.8) is 0 Å². The quantitative estimate of drug-likeness (QED) is 0.622. The summed E-state index contributed by atoms with van der Waals surface area (Å²) in [5.74, 6) is 0.340. The minimum Gasteiger partial charge on any atom is -0.424 e. The number of nitrogens with zero attached hydrogens (tertiary/aromatic N) is 3. The first kappa shape index (κ1) is 20.0. The van der Waals surface area contributed by atoms with Crippen molar-refractivity contribution in [2.24, 2.45) is 0 Å². The Balaban J connectivity index is 1.75. The van der Waals surface area contributed by atoms with Gasteiger partial charge >= 0.3 is 6.01 Å². The predicted octanol–water partition coefficient (Wildman–Crippen LogP) is 3.41. The second kappa shape index (κ2) is 8.49. The van der Waals surface area contributed by atoms with Gasteiger partial charge < -0.3 is 4.74 Å². The van der Waals surface area contributed by atoms with Crippen molar-refractivity contribution in [3.8, 4) is 11.8 Å². The van der Waals surface area contributed by atoms with Crippen LogP contribution in [0.1, 0.15) is 31.3 Å². The van der Waals surface area contributed by atoms with Gasteiger partial charge in [-0.3, -0.25) is 4.57 Å². The minimum atomic E-state index is -3.57. The first-order chi connectivity index (χ1) is 13.4. The van der Waals surface area contributed by atoms with Crippen LogP contribution in [0, 0.1) is 5.82 Å². The van der Waals surface area contributed by atoms with Gasteiger partial charge in [0.05, 0.1) is 11.8 Å². The molecule has 0 fully saturated rings. The monoisotopic (exact) mass is 404 g/mol. The molecule has 0 aliphatic carbocycles. The van der Waals surface area contributed by atoms with E-state index in [4.69, 9.17) is 4.74 Å². The van der Waals surface area contributed by atoms with Crippen LogP contribution in [0.5, 0.6) is 11.8 Å². The molecule has 1 N–H and O–H groups in total. The second-order valence-electron chi connectivity index (χ2n) is 6.23. The average molecular weight is 404 g/mol. The third kappa shape index (κ3) is 4.93. The van der Waals surface area contributed by atoms with Crippen molar-refractivity contribution in [1.29, 1.82) is 0 Å². The maximum Gasteiger partial charge on any atom is 0.322 e. The molecule has 0 bridgehead atoms. The highest BCUT2D eigenvalue weighted by molar-refractivity contribution is 7.88. The molecule has 28 heavy (non-hydrogen) atoms. The molecule has 2 aromatic carbocycles. The molecule has 0 aliphatic heterocycles. The van der Waals surface area contributed by atoms with E-state index in [0.29, 0.717) is 23.7 Å². The van der Waals surface area contributed by atoms with Gasteiger partial charge in [0, 0.05) is 6.54 Å². The molecule has 3 aromatic rings. The van der Waals surface area contributed by atoms with Crippen LogP contribution in [0.4, 0.5) is 4.39 Å². The van der Waals surface area contributed by atoms with Crippen LogP contribution in [-0.2, 0) is 22.3 Å². The summed E-state index contributed by atoms with van der Waals surface area (Å²) in [6, 6.07) is 14.1. The van der Waals surface area contributed by atoms with E-state index in [1.807, 2.05) is 13.0 Å². The molecule has 0 saturated heterocycles. The Morgan fingerprint density at radius 3 is 2.43 bits per heavy atom. The number of aromatic nitrogens is 3. The molecule has 1 atom stereocenters. The van der Waals surface area contributed by atoms with E-state index < -0.39 is 16.1 Å². The van der Waals surface area contributed by atoms with Crippen molar-refractivity contribution < 1.29 is 17.5 Å². The van der Waals surface area contributed by atoms with Gasteiger partial charge in [0.1, 0.15) is 11.6 Å². The fraction of sp³-hybridized carbons (Fsp3) is 0.263. The van der Waals surface area contributed by atoms with E-state index in [2.05, 4.69) is 14.9 Å². The van der Waals surface area contributed by atoms with Gasteiger partial charge in [0.15, 0.2) is 5.82 Å². The number of halogens is 1. The van der Waals surface area contributed by atoms with E-state index >= 15 is 0 Å². The van der Waals surface area contributed by atoms with Gasteiger partial charge in [-0.25, -0.2) is 17.5 Å². The molecule has 0 aliphatic rings. The van der Waals surface area contributed by atoms with Crippen molar-refractivity contribution in [1.82, 2.24) is 19.5 Å². The standard InChI is InChI=1S/C19H21FN4O3S/c1-3-24-18(21-22-19(24)27-17-11-9-16(20)10-12-17)14(2)23-28(25,26)13-15-7-5-4-6-8-15/h4-12,14,23H,3,13H2,1-2H3/t14-/m1/s1. The van der Waals surface area contributed by atoms with Gasteiger partial charge in [0.2, 0.25) is 10.0 Å². The lowest BCUT2D eigenvalue weighted by Gasteiger charge is -2.15. The number of benzene rings is 2. The van der Waals surface area contributed by atoms with Gasteiger partial charge in [-0.2, -0.15) is 0 Å². The van der Waals surface area contributed by atoms with Gasteiger partial charge in [-0.1, -0.05) is 35.4 Å². The van der Waals surface area contributed by atoms with Gasteiger partial charge in [-0.15, -0.1) is 5.10 Å². The molecule has 0 amide bonds. The molecule has 0 radical (unpaired) electrons. The molecule has 3 rings (SSSR count). The van der Waals surface area contributed by atoms with Crippen LogP contribution in [0.15, 0.2) is 54.6 Å². The molecular formula is C19H21FN4O3S. The molecule has 0 unspecified atom stereocenters. The Hall–Kier alpha value is -2.78. The smallest absolute Gasteiger partial charge is 0.322 e. The Kier molecular flexibility index (Phi) is 6.05. The van der Waals surface area contributed by atoms with Crippen molar-refractivity contribution in [3.05, 3.63) is 71.8 Å². The van der Waals surface area contributed by atoms with Crippen LogP contribution in [0.25, 0.3) is 0 Å². The third-order valence-electron chi connectivity index (χ3n) is 4.03. The number of ether oxygens (including phenoxy) is 1. The number of rotatable bonds is 8. The zero-order chi connectivity index (χ0) is 20.1. The predicted molar refractivity (Wildman–Crippen MR) is 103 cm³/mol. The first-order valence-corrected chi connectivity index (χ1v) is 10.4. The minimum absolute atomic E-state index is 0.128. The molecular weight excluding hydrogens is 383 g/mol. The molecule has 0 saturated carbocycles. The maximum absolute atomic E-state index is 13.0. The number of sulfonamides is 1. The second-order valence-corrected chi connectivity index (χ2v) is 7.98. The van der Waals surface area contributed by atoms with Crippen LogP contribution in [0.2, 0.25) is 0 Å². The largest absolute Gasteiger partial charge is 0.424 e. The molecule has 0 spiro atoms. The van der Waals surface area contributed by atoms with Crippen LogP contribution in [0.3, 0.4) is 0 Å². The van der Waals surface area contributed by atoms with E-state index in [0.717, 1.165) is 0 Å². The lowest BCUT2D eigenvalue weighted by molar-refractivity contribution is 0.407. The summed E-state index contributed by atoms with van der Waals surface area (Å²) >= 11 is 0. The van der Waals surface area contributed by atoms with Crippen LogP contribution in [-0.4, -0.2) is 23.2 Å². The summed E-state index contributed by atoms with van der Waals surface area (Å²) in [6.45, 7) is 4.04. The zero-order valence-electron chi connectivity index (χ0n) is 15.5. The van der Waals surface area contributed by atoms with Gasteiger partial charge in [0.25, 0.3) is 0 Å². The van der Waals surface area contributed by atoms with Gasteiger partial charge in [-0.05, 0) is 43.7 Å². The molecule has 1 aromatic heterocycles.